The lowest BCUT2D eigenvalue weighted by Crippen LogP contribution is -2.12. The maximum Gasteiger partial charge on any atom is 0.296 e. The van der Waals surface area contributed by atoms with E-state index in [2.05, 4.69) is 17.2 Å². The summed E-state index contributed by atoms with van der Waals surface area (Å²) in [6.45, 7) is 0. The highest BCUT2D eigenvalue weighted by Crippen LogP contribution is 2.25. The summed E-state index contributed by atoms with van der Waals surface area (Å²) >= 11 is 0. The Labute approximate surface area is 85.3 Å². The van der Waals surface area contributed by atoms with Gasteiger partial charge in [-0.2, -0.15) is 0 Å². The second-order valence-corrected chi connectivity index (χ2v) is 2.90. The van der Waals surface area contributed by atoms with Crippen LogP contribution in [0.3, 0.4) is 0 Å². The molecule has 0 saturated carbocycles. The van der Waals surface area contributed by atoms with E-state index in [1.54, 1.807) is 18.2 Å². The van der Waals surface area contributed by atoms with E-state index in [4.69, 9.17) is 0 Å². The highest BCUT2D eigenvalue weighted by Gasteiger charge is 2.29. The highest BCUT2D eigenvalue weighted by molar-refractivity contribution is 6.52. The molecule has 1 heterocycles. The molecule has 0 aromatic heterocycles. The molecule has 1 N–H and O–H groups in total. The van der Waals surface area contributed by atoms with Crippen molar-refractivity contribution in [2.75, 3.05) is 5.32 Å². The number of nitrogens with one attached hydrogen (secondary N) is 1. The Morgan fingerprint density at radius 1 is 1.27 bits per heavy atom. The van der Waals surface area contributed by atoms with Crippen molar-refractivity contribution in [3.8, 4) is 11.8 Å². The van der Waals surface area contributed by atoms with Gasteiger partial charge in [0.2, 0.25) is 0 Å². The maximum absolute atomic E-state index is 11.4. The van der Waals surface area contributed by atoms with Crippen molar-refractivity contribution >= 4 is 23.7 Å². The molecule has 0 atom stereocenters. The number of fused-ring (bicyclic) bond motifs is 1. The summed E-state index contributed by atoms with van der Waals surface area (Å²) in [4.78, 5) is 32.6. The number of carbonyl (C=O) groups excluding carboxylic acids is 3. The second-order valence-electron chi connectivity index (χ2n) is 2.90. The number of anilines is 1. The van der Waals surface area contributed by atoms with Crippen LogP contribution in [0.25, 0.3) is 0 Å². The predicted molar refractivity (Wildman–Crippen MR) is 52.3 cm³/mol. The zero-order valence-electron chi connectivity index (χ0n) is 7.53. The van der Waals surface area contributed by atoms with Crippen molar-refractivity contribution < 1.29 is 14.4 Å². The van der Waals surface area contributed by atoms with E-state index in [-0.39, 0.29) is 5.56 Å². The van der Waals surface area contributed by atoms with Crippen LogP contribution < -0.4 is 5.32 Å². The van der Waals surface area contributed by atoms with Crippen LogP contribution >= 0.6 is 0 Å². The lowest BCUT2D eigenvalue weighted by Gasteiger charge is -1.97. The summed E-state index contributed by atoms with van der Waals surface area (Å²) in [5.74, 6) is 3.45. The number of aldehydes is 1. The molecule has 4 nitrogen and oxygen atoms in total. The van der Waals surface area contributed by atoms with Gasteiger partial charge in [-0.3, -0.25) is 14.4 Å². The Morgan fingerprint density at radius 3 is 2.80 bits per heavy atom. The third-order valence-corrected chi connectivity index (χ3v) is 2.01. The smallest absolute Gasteiger partial charge is 0.296 e. The van der Waals surface area contributed by atoms with Crippen LogP contribution in [0.15, 0.2) is 18.2 Å². The van der Waals surface area contributed by atoms with Gasteiger partial charge in [-0.15, -0.1) is 0 Å². The summed E-state index contributed by atoms with van der Waals surface area (Å²) < 4.78 is 0. The van der Waals surface area contributed by atoms with Gasteiger partial charge < -0.3 is 5.32 Å². The minimum absolute atomic E-state index is 0.247. The van der Waals surface area contributed by atoms with E-state index in [1.807, 2.05) is 0 Å². The van der Waals surface area contributed by atoms with Crippen LogP contribution in [0.2, 0.25) is 0 Å². The molecule has 0 aliphatic carbocycles. The minimum Gasteiger partial charge on any atom is -0.318 e. The Balaban J connectivity index is 2.61. The number of carbonyl (C=O) groups is 3. The molecule has 1 aromatic carbocycles. The number of hydrogen-bond donors (Lipinski definition) is 1. The molecule has 1 aliphatic heterocycles. The van der Waals surface area contributed by atoms with E-state index < -0.39 is 11.7 Å². The standard InChI is InChI=1S/C11H5NO3/c13-6-2-4-7-3-1-5-8-9(7)10(14)11(15)12-8/h1,3,5-6H,(H,12,14,15). The third-order valence-electron chi connectivity index (χ3n) is 2.01. The zero-order chi connectivity index (χ0) is 10.8. The zero-order valence-corrected chi connectivity index (χ0v) is 7.53. The molecule has 2 rings (SSSR count). The van der Waals surface area contributed by atoms with Gasteiger partial charge in [0, 0.05) is 5.56 Å². The van der Waals surface area contributed by atoms with Crippen molar-refractivity contribution in [1.82, 2.24) is 0 Å². The van der Waals surface area contributed by atoms with Gasteiger partial charge in [0.05, 0.1) is 11.3 Å². The normalized spacial score (nSPS) is 12.5. The van der Waals surface area contributed by atoms with E-state index in [9.17, 15) is 14.4 Å². The van der Waals surface area contributed by atoms with E-state index >= 15 is 0 Å². The molecule has 4 heteroatoms. The molecule has 72 valence electrons. The summed E-state index contributed by atoms with van der Waals surface area (Å²) in [5.41, 5.74) is 1.09. The van der Waals surface area contributed by atoms with Gasteiger partial charge in [-0.25, -0.2) is 0 Å². The molecule has 1 aromatic rings. The van der Waals surface area contributed by atoms with Crippen molar-refractivity contribution in [2.24, 2.45) is 0 Å². The van der Waals surface area contributed by atoms with E-state index in [0.717, 1.165) is 0 Å². The molecular formula is C11H5NO3. The molecule has 0 unspecified atom stereocenters. The second kappa shape index (κ2) is 3.39. The molecule has 0 fully saturated rings. The quantitative estimate of drug-likeness (QED) is 0.373. The van der Waals surface area contributed by atoms with E-state index in [0.29, 0.717) is 17.5 Å². The highest BCUT2D eigenvalue weighted by atomic mass is 16.2. The van der Waals surface area contributed by atoms with Gasteiger partial charge in [-0.1, -0.05) is 12.0 Å². The average Bonchev–Trinajstić information content (AvgIpc) is 2.53. The first kappa shape index (κ1) is 9.16. The van der Waals surface area contributed by atoms with Crippen LogP contribution in [0.4, 0.5) is 5.69 Å². The van der Waals surface area contributed by atoms with Crippen molar-refractivity contribution in [1.29, 1.82) is 0 Å². The number of Topliss-reactive ketones (excluding diaryl/α,β-unsaturated/α-hetero) is 1. The molecule has 0 saturated heterocycles. The molecule has 1 aliphatic rings. The maximum atomic E-state index is 11.4. The van der Waals surface area contributed by atoms with Gasteiger partial charge in [0.15, 0.2) is 6.29 Å². The summed E-state index contributed by atoms with van der Waals surface area (Å²) in [5, 5.41) is 2.42. The van der Waals surface area contributed by atoms with Crippen LogP contribution in [-0.4, -0.2) is 18.0 Å². The lowest BCUT2D eigenvalue weighted by molar-refractivity contribution is -0.112. The lowest BCUT2D eigenvalue weighted by atomic mass is 10.0. The molecule has 0 spiro atoms. The summed E-state index contributed by atoms with van der Waals surface area (Å²) in [6.07, 6.45) is 0.439. The van der Waals surface area contributed by atoms with Crippen LogP contribution in [0, 0.1) is 11.8 Å². The Hall–Kier alpha value is -2.41. The molecule has 1 amide bonds. The summed E-state index contributed by atoms with van der Waals surface area (Å²) in [7, 11) is 0. The van der Waals surface area contributed by atoms with E-state index in [1.165, 1.54) is 0 Å². The van der Waals surface area contributed by atoms with Crippen molar-refractivity contribution in [3.63, 3.8) is 0 Å². The average molecular weight is 199 g/mol. The van der Waals surface area contributed by atoms with Crippen LogP contribution in [-0.2, 0) is 9.59 Å². The Kier molecular flexibility index (Phi) is 2.07. The van der Waals surface area contributed by atoms with Crippen LogP contribution in [0.5, 0.6) is 0 Å². The fourth-order valence-corrected chi connectivity index (χ4v) is 1.41. The third kappa shape index (κ3) is 1.40. The number of benzene rings is 1. The predicted octanol–water partition coefficient (Wildman–Crippen LogP) is 0.372. The number of rotatable bonds is 0. The van der Waals surface area contributed by atoms with Gasteiger partial charge in [-0.05, 0) is 18.1 Å². The topological polar surface area (TPSA) is 63.2 Å². The largest absolute Gasteiger partial charge is 0.318 e. The molecule has 15 heavy (non-hydrogen) atoms. The molecular weight excluding hydrogens is 194 g/mol. The first-order chi connectivity index (χ1) is 7.24. The van der Waals surface area contributed by atoms with Gasteiger partial charge in [0.1, 0.15) is 0 Å². The fraction of sp³-hybridized carbons (Fsp3) is 0. The first-order valence-corrected chi connectivity index (χ1v) is 4.18. The monoisotopic (exact) mass is 199 g/mol. The van der Waals surface area contributed by atoms with Gasteiger partial charge in [0.25, 0.3) is 11.7 Å². The van der Waals surface area contributed by atoms with Gasteiger partial charge >= 0.3 is 0 Å². The molecule has 0 radical (unpaired) electrons. The SMILES string of the molecule is O=CC#Cc1cccc2c1C(=O)C(=O)N2. The van der Waals surface area contributed by atoms with Crippen molar-refractivity contribution in [2.45, 2.75) is 0 Å². The first-order valence-electron chi connectivity index (χ1n) is 4.18. The number of hydrogen-bond acceptors (Lipinski definition) is 3. The van der Waals surface area contributed by atoms with Crippen molar-refractivity contribution in [3.05, 3.63) is 29.3 Å². The number of ketones is 1. The summed E-state index contributed by atoms with van der Waals surface area (Å²) in [6, 6.07) is 4.87. The Morgan fingerprint density at radius 2 is 2.07 bits per heavy atom. The number of amides is 1. The molecule has 0 bridgehead atoms. The Bertz CT molecular complexity index is 534. The fourth-order valence-electron chi connectivity index (χ4n) is 1.41. The minimum atomic E-state index is -0.662. The van der Waals surface area contributed by atoms with Crippen LogP contribution in [0.1, 0.15) is 15.9 Å².